The predicted molar refractivity (Wildman–Crippen MR) is 100 cm³/mol. The molecule has 1 saturated heterocycles. The van der Waals surface area contributed by atoms with E-state index in [2.05, 4.69) is 9.88 Å². The van der Waals surface area contributed by atoms with Crippen molar-refractivity contribution in [1.29, 1.82) is 0 Å². The van der Waals surface area contributed by atoms with Gasteiger partial charge in [0.15, 0.2) is 4.77 Å². The van der Waals surface area contributed by atoms with E-state index in [4.69, 9.17) is 12.2 Å². The summed E-state index contributed by atoms with van der Waals surface area (Å²) in [6, 6.07) is 5.67. The van der Waals surface area contributed by atoms with Crippen LogP contribution in [-0.2, 0) is 7.05 Å². The molecule has 6 heteroatoms. The third kappa shape index (κ3) is 2.82. The molecule has 1 aliphatic carbocycles. The molecule has 2 aliphatic rings. The number of carbonyl (C=O) groups is 1. The fraction of sp³-hybridized carbons (Fsp3) is 0.526. The second-order valence-corrected chi connectivity index (χ2v) is 7.69. The van der Waals surface area contributed by atoms with E-state index in [-0.39, 0.29) is 11.5 Å². The highest BCUT2D eigenvalue weighted by atomic mass is 32.1. The van der Waals surface area contributed by atoms with Crippen LogP contribution in [0.1, 0.15) is 48.9 Å². The van der Waals surface area contributed by atoms with Gasteiger partial charge in [0.1, 0.15) is 0 Å². The number of rotatable bonds is 1. The maximum Gasteiger partial charge on any atom is 0.261 e. The average Bonchev–Trinajstić information content (AvgIpc) is 2.65. The van der Waals surface area contributed by atoms with Crippen LogP contribution in [0.4, 0.5) is 0 Å². The maximum atomic E-state index is 13.1. The van der Waals surface area contributed by atoms with E-state index in [1.807, 2.05) is 0 Å². The van der Waals surface area contributed by atoms with Gasteiger partial charge in [0.25, 0.3) is 11.5 Å². The molecule has 2 heterocycles. The normalized spacial score (nSPS) is 23.5. The minimum Gasteiger partial charge on any atom is -0.335 e. The molecule has 25 heavy (non-hydrogen) atoms. The van der Waals surface area contributed by atoms with Crippen molar-refractivity contribution in [3.05, 3.63) is 38.9 Å². The summed E-state index contributed by atoms with van der Waals surface area (Å²) in [6.45, 7) is 0.838. The first kappa shape index (κ1) is 16.5. The van der Waals surface area contributed by atoms with Crippen molar-refractivity contribution in [1.82, 2.24) is 14.5 Å². The van der Waals surface area contributed by atoms with E-state index in [9.17, 15) is 9.59 Å². The molecule has 0 spiro atoms. The number of H-pyrrole nitrogens is 1. The van der Waals surface area contributed by atoms with Crippen molar-refractivity contribution in [3.8, 4) is 0 Å². The SMILES string of the molecule is Cn1c(=S)[nH]c2cc(C(=O)N3CCC[C@H]4CCCC[C@@H]43)ccc2c1=O. The minimum absolute atomic E-state index is 0.0819. The number of aromatic amines is 1. The number of hydrogen-bond donors (Lipinski definition) is 1. The van der Waals surface area contributed by atoms with Crippen molar-refractivity contribution in [2.45, 2.75) is 44.6 Å². The van der Waals surface area contributed by atoms with Gasteiger partial charge in [0.2, 0.25) is 0 Å². The summed E-state index contributed by atoms with van der Waals surface area (Å²) in [7, 11) is 1.65. The molecule has 4 rings (SSSR count). The van der Waals surface area contributed by atoms with E-state index in [1.54, 1.807) is 25.2 Å². The van der Waals surface area contributed by atoms with Crippen molar-refractivity contribution in [2.24, 2.45) is 13.0 Å². The molecule has 0 bridgehead atoms. The monoisotopic (exact) mass is 357 g/mol. The van der Waals surface area contributed by atoms with Gasteiger partial charge in [-0.2, -0.15) is 0 Å². The van der Waals surface area contributed by atoms with Gasteiger partial charge in [-0.1, -0.05) is 12.8 Å². The summed E-state index contributed by atoms with van der Waals surface area (Å²) in [4.78, 5) is 30.6. The summed E-state index contributed by atoms with van der Waals surface area (Å²) >= 11 is 5.19. The number of aromatic nitrogens is 2. The Balaban J connectivity index is 1.71. The van der Waals surface area contributed by atoms with Crippen LogP contribution in [0.5, 0.6) is 0 Å². The van der Waals surface area contributed by atoms with Crippen molar-refractivity contribution in [3.63, 3.8) is 0 Å². The Labute approximate surface area is 151 Å². The van der Waals surface area contributed by atoms with Crippen LogP contribution in [0, 0.1) is 10.7 Å². The third-order valence-electron chi connectivity index (χ3n) is 5.85. The van der Waals surface area contributed by atoms with Crippen molar-refractivity contribution >= 4 is 29.0 Å². The highest BCUT2D eigenvalue weighted by Gasteiger charge is 2.36. The lowest BCUT2D eigenvalue weighted by Crippen LogP contribution is -2.49. The lowest BCUT2D eigenvalue weighted by atomic mass is 9.78. The fourth-order valence-electron chi connectivity index (χ4n) is 4.48. The first-order valence-electron chi connectivity index (χ1n) is 9.10. The summed E-state index contributed by atoms with van der Waals surface area (Å²) in [6.07, 6.45) is 7.20. The highest BCUT2D eigenvalue weighted by molar-refractivity contribution is 7.71. The van der Waals surface area contributed by atoms with Gasteiger partial charge in [0.05, 0.1) is 10.9 Å². The first-order valence-corrected chi connectivity index (χ1v) is 9.51. The number of likely N-dealkylation sites (tertiary alicyclic amines) is 1. The summed E-state index contributed by atoms with van der Waals surface area (Å²) in [5.74, 6) is 0.739. The molecule has 2 atom stereocenters. The van der Waals surface area contributed by atoms with E-state index < -0.39 is 0 Å². The van der Waals surface area contributed by atoms with Crippen LogP contribution in [-0.4, -0.2) is 32.9 Å². The van der Waals surface area contributed by atoms with E-state index >= 15 is 0 Å². The zero-order valence-corrected chi connectivity index (χ0v) is 15.3. The number of benzene rings is 1. The Morgan fingerprint density at radius 1 is 1.20 bits per heavy atom. The second kappa shape index (κ2) is 6.41. The lowest BCUT2D eigenvalue weighted by Gasteiger charge is -2.44. The molecule has 0 radical (unpaired) electrons. The highest BCUT2D eigenvalue weighted by Crippen LogP contribution is 2.36. The topological polar surface area (TPSA) is 58.1 Å². The smallest absolute Gasteiger partial charge is 0.261 e. The molecule has 2 fully saturated rings. The van der Waals surface area contributed by atoms with Crippen LogP contribution in [0.25, 0.3) is 10.9 Å². The van der Waals surface area contributed by atoms with Gasteiger partial charge >= 0.3 is 0 Å². The van der Waals surface area contributed by atoms with Gasteiger partial charge in [-0.3, -0.25) is 14.2 Å². The quantitative estimate of drug-likeness (QED) is 0.796. The molecule has 1 amide bonds. The first-order chi connectivity index (χ1) is 12.1. The van der Waals surface area contributed by atoms with E-state index in [0.29, 0.717) is 33.2 Å². The Kier molecular flexibility index (Phi) is 4.23. The molecule has 132 valence electrons. The van der Waals surface area contributed by atoms with Crippen LogP contribution in [0.3, 0.4) is 0 Å². The van der Waals surface area contributed by atoms with Gasteiger partial charge < -0.3 is 9.88 Å². The van der Waals surface area contributed by atoms with Crippen LogP contribution >= 0.6 is 12.2 Å². The summed E-state index contributed by atoms with van der Waals surface area (Å²) in [5, 5.41) is 0.557. The number of fused-ring (bicyclic) bond motifs is 2. The molecule has 1 N–H and O–H groups in total. The van der Waals surface area contributed by atoms with Crippen LogP contribution in [0.2, 0.25) is 0 Å². The number of hydrogen-bond acceptors (Lipinski definition) is 3. The average molecular weight is 357 g/mol. The van der Waals surface area contributed by atoms with E-state index in [0.717, 1.165) is 19.4 Å². The summed E-state index contributed by atoms with van der Waals surface area (Å²) < 4.78 is 1.78. The second-order valence-electron chi connectivity index (χ2n) is 7.31. The largest absolute Gasteiger partial charge is 0.335 e. The molecule has 1 saturated carbocycles. The fourth-order valence-corrected chi connectivity index (χ4v) is 4.67. The van der Waals surface area contributed by atoms with E-state index in [1.165, 1.54) is 30.3 Å². The number of piperidine rings is 1. The van der Waals surface area contributed by atoms with Gasteiger partial charge in [-0.05, 0) is 62.0 Å². The molecule has 2 aromatic rings. The molecule has 1 aromatic heterocycles. The van der Waals surface area contributed by atoms with Crippen molar-refractivity contribution in [2.75, 3.05) is 6.54 Å². The van der Waals surface area contributed by atoms with Crippen LogP contribution in [0.15, 0.2) is 23.0 Å². The number of carbonyl (C=O) groups excluding carboxylic acids is 1. The Bertz CT molecular complexity index is 944. The lowest BCUT2D eigenvalue weighted by molar-refractivity contribution is 0.0391. The van der Waals surface area contributed by atoms with Crippen molar-refractivity contribution < 1.29 is 4.79 Å². The predicted octanol–water partition coefficient (Wildman–Crippen LogP) is 3.39. The minimum atomic E-state index is -0.136. The molecule has 5 nitrogen and oxygen atoms in total. The Hall–Kier alpha value is -1.95. The standard InChI is InChI=1S/C19H23N3O2S/c1-21-18(24)14-9-8-13(11-15(14)20-19(21)25)17(23)22-10-4-6-12-5-2-3-7-16(12)22/h8-9,11-12,16H,2-7,10H2,1H3,(H,20,25)/t12-,16+/m1/s1. The molecule has 1 aliphatic heterocycles. The van der Waals surface area contributed by atoms with Gasteiger partial charge in [-0.25, -0.2) is 0 Å². The maximum absolute atomic E-state index is 13.1. The van der Waals surface area contributed by atoms with Gasteiger partial charge in [0, 0.05) is 25.2 Å². The molecule has 0 unspecified atom stereocenters. The third-order valence-corrected chi connectivity index (χ3v) is 6.23. The van der Waals surface area contributed by atoms with Gasteiger partial charge in [-0.15, -0.1) is 0 Å². The zero-order valence-electron chi connectivity index (χ0n) is 14.5. The molecular weight excluding hydrogens is 334 g/mol. The summed E-state index contributed by atoms with van der Waals surface area (Å²) in [5.41, 5.74) is 1.14. The molecule has 1 aromatic carbocycles. The number of amides is 1. The zero-order chi connectivity index (χ0) is 17.6. The molecular formula is C19H23N3O2S. The Morgan fingerprint density at radius 2 is 1.96 bits per heavy atom. The Morgan fingerprint density at radius 3 is 2.80 bits per heavy atom. The number of nitrogens with one attached hydrogen (secondary N) is 1. The van der Waals surface area contributed by atoms with Crippen LogP contribution < -0.4 is 5.56 Å². The number of nitrogens with zero attached hydrogens (tertiary/aromatic N) is 2.